The van der Waals surface area contributed by atoms with Crippen LogP contribution in [0, 0.1) is 0 Å². The minimum atomic E-state index is -0.513. The van der Waals surface area contributed by atoms with E-state index in [-0.39, 0.29) is 30.3 Å². The summed E-state index contributed by atoms with van der Waals surface area (Å²) in [4.78, 5) is 23.8. The second kappa shape index (κ2) is 8.00. The number of rotatable bonds is 4. The summed E-state index contributed by atoms with van der Waals surface area (Å²) in [6.45, 7) is 4.80. The van der Waals surface area contributed by atoms with E-state index in [9.17, 15) is 9.59 Å². The van der Waals surface area contributed by atoms with Crippen molar-refractivity contribution in [1.82, 2.24) is 16.0 Å². The lowest BCUT2D eigenvalue weighted by atomic mass is 9.95. The molecule has 3 N–H and O–H groups in total. The standard InChI is InChI=1S/C15H21N3O2.ClH/c1-3-16-14(19)10(2)18-15(20)13-8-11-6-4-5-7-12(11)9-17-13;/h4-7,10,13,17H,3,8-9H2,1-2H3,(H,16,19)(H,18,20);1H. The molecule has 1 heterocycles. The fraction of sp³-hybridized carbons (Fsp3) is 0.467. The van der Waals surface area contributed by atoms with Crippen molar-refractivity contribution in [3.8, 4) is 0 Å². The van der Waals surface area contributed by atoms with Gasteiger partial charge in [0, 0.05) is 13.1 Å². The molecule has 0 saturated heterocycles. The molecule has 116 valence electrons. The van der Waals surface area contributed by atoms with Gasteiger partial charge >= 0.3 is 0 Å². The molecular weight excluding hydrogens is 290 g/mol. The molecule has 2 unspecified atom stereocenters. The molecule has 1 aliphatic rings. The van der Waals surface area contributed by atoms with Crippen LogP contribution in [0.2, 0.25) is 0 Å². The van der Waals surface area contributed by atoms with Crippen molar-refractivity contribution in [1.29, 1.82) is 0 Å². The van der Waals surface area contributed by atoms with E-state index in [1.807, 2.05) is 25.1 Å². The Morgan fingerprint density at radius 2 is 2.00 bits per heavy atom. The molecule has 2 amide bonds. The molecule has 0 aliphatic carbocycles. The summed E-state index contributed by atoms with van der Waals surface area (Å²) in [5, 5.41) is 8.65. The van der Waals surface area contributed by atoms with E-state index in [4.69, 9.17) is 0 Å². The molecule has 0 radical (unpaired) electrons. The van der Waals surface area contributed by atoms with E-state index in [2.05, 4.69) is 22.0 Å². The molecule has 1 aromatic rings. The van der Waals surface area contributed by atoms with Crippen molar-refractivity contribution in [2.75, 3.05) is 6.54 Å². The number of fused-ring (bicyclic) bond motifs is 1. The van der Waals surface area contributed by atoms with Gasteiger partial charge < -0.3 is 16.0 Å². The molecule has 0 aromatic heterocycles. The summed E-state index contributed by atoms with van der Waals surface area (Å²) in [5.74, 6) is -0.282. The van der Waals surface area contributed by atoms with Gasteiger partial charge in [0.05, 0.1) is 6.04 Å². The Balaban J connectivity index is 0.00000220. The van der Waals surface area contributed by atoms with E-state index in [1.54, 1.807) is 6.92 Å². The van der Waals surface area contributed by atoms with Crippen LogP contribution in [0.4, 0.5) is 0 Å². The predicted octanol–water partition coefficient (Wildman–Crippen LogP) is 0.763. The number of hydrogen-bond acceptors (Lipinski definition) is 3. The predicted molar refractivity (Wildman–Crippen MR) is 84.3 cm³/mol. The molecule has 0 fully saturated rings. The van der Waals surface area contributed by atoms with Gasteiger partial charge in [-0.2, -0.15) is 0 Å². The van der Waals surface area contributed by atoms with Crippen molar-refractivity contribution < 1.29 is 9.59 Å². The van der Waals surface area contributed by atoms with E-state index in [0.717, 1.165) is 0 Å². The number of carbonyl (C=O) groups excluding carboxylic acids is 2. The quantitative estimate of drug-likeness (QED) is 0.769. The zero-order valence-electron chi connectivity index (χ0n) is 12.3. The van der Waals surface area contributed by atoms with Gasteiger partial charge in [0.15, 0.2) is 0 Å². The Bertz CT molecular complexity index is 507. The molecule has 2 atom stereocenters. The largest absolute Gasteiger partial charge is 0.355 e. The minimum Gasteiger partial charge on any atom is -0.355 e. The zero-order valence-corrected chi connectivity index (χ0v) is 13.1. The van der Waals surface area contributed by atoms with Crippen molar-refractivity contribution in [3.63, 3.8) is 0 Å². The number of carbonyl (C=O) groups is 2. The second-order valence-corrected chi connectivity index (χ2v) is 5.03. The van der Waals surface area contributed by atoms with Crippen LogP contribution >= 0.6 is 12.4 Å². The van der Waals surface area contributed by atoms with Gasteiger partial charge in [0.1, 0.15) is 6.04 Å². The third-order valence-corrected chi connectivity index (χ3v) is 3.50. The topological polar surface area (TPSA) is 70.2 Å². The van der Waals surface area contributed by atoms with Crippen LogP contribution < -0.4 is 16.0 Å². The van der Waals surface area contributed by atoms with Gasteiger partial charge in [-0.1, -0.05) is 24.3 Å². The lowest BCUT2D eigenvalue weighted by molar-refractivity contribution is -0.129. The second-order valence-electron chi connectivity index (χ2n) is 5.03. The summed E-state index contributed by atoms with van der Waals surface area (Å²) in [6, 6.07) is 7.30. The van der Waals surface area contributed by atoms with Crippen LogP contribution in [-0.4, -0.2) is 30.4 Å². The van der Waals surface area contributed by atoms with Crippen molar-refractivity contribution >= 4 is 24.2 Å². The maximum atomic E-state index is 12.2. The number of nitrogens with one attached hydrogen (secondary N) is 3. The molecule has 0 bridgehead atoms. The Morgan fingerprint density at radius 3 is 2.67 bits per heavy atom. The van der Waals surface area contributed by atoms with E-state index in [0.29, 0.717) is 19.5 Å². The molecule has 0 saturated carbocycles. The summed E-state index contributed by atoms with van der Waals surface area (Å²) < 4.78 is 0. The summed E-state index contributed by atoms with van der Waals surface area (Å²) >= 11 is 0. The van der Waals surface area contributed by atoms with Crippen molar-refractivity contribution in [2.24, 2.45) is 0 Å². The van der Waals surface area contributed by atoms with E-state index >= 15 is 0 Å². The van der Waals surface area contributed by atoms with Gasteiger partial charge in [0.2, 0.25) is 11.8 Å². The fourth-order valence-electron chi connectivity index (χ4n) is 2.35. The highest BCUT2D eigenvalue weighted by atomic mass is 35.5. The van der Waals surface area contributed by atoms with Gasteiger partial charge in [-0.25, -0.2) is 0 Å². The maximum absolute atomic E-state index is 12.2. The van der Waals surface area contributed by atoms with Crippen molar-refractivity contribution in [2.45, 2.75) is 38.9 Å². The third-order valence-electron chi connectivity index (χ3n) is 3.50. The fourth-order valence-corrected chi connectivity index (χ4v) is 2.35. The Morgan fingerprint density at radius 1 is 1.33 bits per heavy atom. The Kier molecular flexibility index (Phi) is 6.65. The molecule has 1 aromatic carbocycles. The summed E-state index contributed by atoms with van der Waals surface area (Å²) in [5.41, 5.74) is 2.42. The van der Waals surface area contributed by atoms with Crippen LogP contribution in [-0.2, 0) is 22.6 Å². The molecular formula is C15H22ClN3O2. The van der Waals surface area contributed by atoms with Gasteiger partial charge in [-0.05, 0) is 31.4 Å². The molecule has 6 heteroatoms. The normalized spacial score (nSPS) is 17.9. The number of benzene rings is 1. The molecule has 0 spiro atoms. The van der Waals surface area contributed by atoms with E-state index in [1.165, 1.54) is 11.1 Å². The lowest BCUT2D eigenvalue weighted by Gasteiger charge is -2.26. The Hall–Kier alpha value is -1.59. The average Bonchev–Trinajstić information content (AvgIpc) is 2.46. The SMILES string of the molecule is CCNC(=O)C(C)NC(=O)C1Cc2ccccc2CN1.Cl. The van der Waals surface area contributed by atoms with Crippen LogP contribution in [0.15, 0.2) is 24.3 Å². The Labute approximate surface area is 131 Å². The van der Waals surface area contributed by atoms with Crippen LogP contribution in [0.1, 0.15) is 25.0 Å². The first-order valence-corrected chi connectivity index (χ1v) is 7.00. The summed E-state index contributed by atoms with van der Waals surface area (Å²) in [6.07, 6.45) is 0.657. The van der Waals surface area contributed by atoms with Crippen molar-refractivity contribution in [3.05, 3.63) is 35.4 Å². The first-order chi connectivity index (χ1) is 9.61. The van der Waals surface area contributed by atoms with Crippen LogP contribution in [0.3, 0.4) is 0 Å². The minimum absolute atomic E-state index is 0. The number of amides is 2. The zero-order chi connectivity index (χ0) is 14.5. The number of halogens is 1. The highest BCUT2D eigenvalue weighted by molar-refractivity contribution is 5.89. The highest BCUT2D eigenvalue weighted by Gasteiger charge is 2.26. The van der Waals surface area contributed by atoms with Gasteiger partial charge in [-0.15, -0.1) is 12.4 Å². The van der Waals surface area contributed by atoms with Crippen LogP contribution in [0.5, 0.6) is 0 Å². The first-order valence-electron chi connectivity index (χ1n) is 7.00. The lowest BCUT2D eigenvalue weighted by Crippen LogP contribution is -2.53. The third kappa shape index (κ3) is 4.44. The van der Waals surface area contributed by atoms with Gasteiger partial charge in [-0.3, -0.25) is 9.59 Å². The average molecular weight is 312 g/mol. The molecule has 1 aliphatic heterocycles. The van der Waals surface area contributed by atoms with Crippen LogP contribution in [0.25, 0.3) is 0 Å². The highest BCUT2D eigenvalue weighted by Crippen LogP contribution is 2.16. The summed E-state index contributed by atoms with van der Waals surface area (Å²) in [7, 11) is 0. The van der Waals surface area contributed by atoms with E-state index < -0.39 is 6.04 Å². The smallest absolute Gasteiger partial charge is 0.242 e. The maximum Gasteiger partial charge on any atom is 0.242 e. The van der Waals surface area contributed by atoms with Gasteiger partial charge in [0.25, 0.3) is 0 Å². The first kappa shape index (κ1) is 17.5. The molecule has 5 nitrogen and oxygen atoms in total. The molecule has 2 rings (SSSR count). The number of hydrogen-bond donors (Lipinski definition) is 3. The monoisotopic (exact) mass is 311 g/mol. The molecule has 21 heavy (non-hydrogen) atoms. The number of likely N-dealkylation sites (N-methyl/N-ethyl adjacent to an activating group) is 1.